The molecule has 10 heavy (non-hydrogen) atoms. The van der Waals surface area contributed by atoms with E-state index in [1.807, 2.05) is 0 Å². The second-order valence-electron chi connectivity index (χ2n) is 2.46. The van der Waals surface area contributed by atoms with Gasteiger partial charge in [0.1, 0.15) is 0 Å². The molecule has 60 valence electrons. The zero-order valence-corrected chi connectivity index (χ0v) is 7.23. The van der Waals surface area contributed by atoms with E-state index in [0.29, 0.717) is 0 Å². The minimum Gasteiger partial charge on any atom is -0.479 e. The normalized spacial score (nSPS) is 16.9. The smallest absolute Gasteiger partial charge is 0.334 e. The van der Waals surface area contributed by atoms with Crippen LogP contribution in [0.5, 0.6) is 0 Å². The first-order chi connectivity index (χ1) is 4.45. The van der Waals surface area contributed by atoms with Crippen molar-refractivity contribution in [2.75, 3.05) is 6.26 Å². The van der Waals surface area contributed by atoms with Crippen molar-refractivity contribution >= 4 is 17.7 Å². The van der Waals surface area contributed by atoms with Crippen molar-refractivity contribution in [2.24, 2.45) is 11.7 Å². The molecule has 0 fully saturated rings. The Morgan fingerprint density at radius 3 is 2.10 bits per heavy atom. The van der Waals surface area contributed by atoms with Crippen LogP contribution >= 0.6 is 11.8 Å². The van der Waals surface area contributed by atoms with Gasteiger partial charge < -0.3 is 10.8 Å². The van der Waals surface area contributed by atoms with E-state index >= 15 is 0 Å². The lowest BCUT2D eigenvalue weighted by molar-refractivity contribution is -0.140. The summed E-state index contributed by atoms with van der Waals surface area (Å²) in [5.74, 6) is -1.00. The molecule has 0 aromatic heterocycles. The third-order valence-corrected chi connectivity index (χ3v) is 2.85. The summed E-state index contributed by atoms with van der Waals surface area (Å²) in [6.45, 7) is 3.59. The van der Waals surface area contributed by atoms with Gasteiger partial charge in [0.05, 0.1) is 0 Å². The van der Waals surface area contributed by atoms with Gasteiger partial charge in [0.25, 0.3) is 0 Å². The molecular formula is C6H13NO2S. The number of rotatable bonds is 3. The van der Waals surface area contributed by atoms with Crippen molar-refractivity contribution in [1.29, 1.82) is 0 Å². The molecule has 3 nitrogen and oxygen atoms in total. The van der Waals surface area contributed by atoms with Gasteiger partial charge in [-0.2, -0.15) is 0 Å². The molecule has 0 rings (SSSR count). The van der Waals surface area contributed by atoms with Crippen LogP contribution in [0.25, 0.3) is 0 Å². The fourth-order valence-electron chi connectivity index (χ4n) is 0.570. The summed E-state index contributed by atoms with van der Waals surface area (Å²) >= 11 is 1.17. The largest absolute Gasteiger partial charge is 0.479 e. The van der Waals surface area contributed by atoms with Crippen LogP contribution in [0.2, 0.25) is 0 Å². The molecule has 0 heterocycles. The Morgan fingerprint density at radius 2 is 2.10 bits per heavy atom. The molecular weight excluding hydrogens is 150 g/mol. The van der Waals surface area contributed by atoms with Gasteiger partial charge in [0, 0.05) is 0 Å². The quantitative estimate of drug-likeness (QED) is 0.602. The average Bonchev–Trinajstić information content (AvgIpc) is 1.85. The maximum Gasteiger partial charge on any atom is 0.334 e. The Bertz CT molecular complexity index is 138. The minimum absolute atomic E-state index is 0.0556. The summed E-state index contributed by atoms with van der Waals surface area (Å²) in [5.41, 5.74) is 5.55. The SMILES string of the molecule is CS[C@@](N)(C(=O)O)C(C)C. The van der Waals surface area contributed by atoms with Crippen molar-refractivity contribution < 1.29 is 9.90 Å². The van der Waals surface area contributed by atoms with Crippen LogP contribution in [0.3, 0.4) is 0 Å². The van der Waals surface area contributed by atoms with Crippen LogP contribution in [-0.4, -0.2) is 22.2 Å². The van der Waals surface area contributed by atoms with Crippen LogP contribution in [0.4, 0.5) is 0 Å². The molecule has 0 aromatic rings. The lowest BCUT2D eigenvalue weighted by atomic mass is 10.1. The van der Waals surface area contributed by atoms with Crippen LogP contribution in [0, 0.1) is 5.92 Å². The number of hydrogen-bond acceptors (Lipinski definition) is 3. The van der Waals surface area contributed by atoms with Gasteiger partial charge in [-0.15, -0.1) is 11.8 Å². The number of hydrogen-bond donors (Lipinski definition) is 2. The Morgan fingerprint density at radius 1 is 1.70 bits per heavy atom. The van der Waals surface area contributed by atoms with Crippen LogP contribution < -0.4 is 5.73 Å². The summed E-state index contributed by atoms with van der Waals surface area (Å²) in [7, 11) is 0. The second kappa shape index (κ2) is 3.25. The monoisotopic (exact) mass is 163 g/mol. The first-order valence-corrected chi connectivity index (χ1v) is 4.25. The van der Waals surface area contributed by atoms with Gasteiger partial charge in [-0.05, 0) is 12.2 Å². The topological polar surface area (TPSA) is 63.3 Å². The molecule has 0 aliphatic rings. The summed E-state index contributed by atoms with van der Waals surface area (Å²) < 4.78 is 0. The fraction of sp³-hybridized carbons (Fsp3) is 0.833. The molecule has 1 atom stereocenters. The van der Waals surface area contributed by atoms with Crippen molar-refractivity contribution in [1.82, 2.24) is 0 Å². The molecule has 0 amide bonds. The minimum atomic E-state index is -1.13. The van der Waals surface area contributed by atoms with E-state index in [1.54, 1.807) is 20.1 Å². The van der Waals surface area contributed by atoms with Gasteiger partial charge in [-0.1, -0.05) is 13.8 Å². The maximum absolute atomic E-state index is 10.5. The van der Waals surface area contributed by atoms with Gasteiger partial charge in [-0.3, -0.25) is 0 Å². The van der Waals surface area contributed by atoms with Gasteiger partial charge in [0.2, 0.25) is 0 Å². The van der Waals surface area contributed by atoms with Crippen molar-refractivity contribution in [3.63, 3.8) is 0 Å². The van der Waals surface area contributed by atoms with Crippen molar-refractivity contribution in [3.05, 3.63) is 0 Å². The molecule has 0 aliphatic heterocycles. The molecule has 0 spiro atoms. The number of carboxylic acids is 1. The van der Waals surface area contributed by atoms with Crippen LogP contribution in [0.15, 0.2) is 0 Å². The molecule has 0 unspecified atom stereocenters. The third kappa shape index (κ3) is 1.64. The highest BCUT2D eigenvalue weighted by atomic mass is 32.2. The van der Waals surface area contributed by atoms with Crippen LogP contribution in [-0.2, 0) is 4.79 Å². The van der Waals surface area contributed by atoms with E-state index in [2.05, 4.69) is 0 Å². The van der Waals surface area contributed by atoms with E-state index in [-0.39, 0.29) is 5.92 Å². The van der Waals surface area contributed by atoms with Gasteiger partial charge in [-0.25, -0.2) is 4.79 Å². The predicted octanol–water partition coefficient (Wildman–Crippen LogP) is 0.745. The Balaban J connectivity index is 4.38. The summed E-state index contributed by atoms with van der Waals surface area (Å²) in [6, 6.07) is 0. The number of carboxylic acid groups (broad SMARTS) is 1. The number of thioether (sulfide) groups is 1. The average molecular weight is 163 g/mol. The number of aliphatic carboxylic acids is 1. The predicted molar refractivity (Wildman–Crippen MR) is 42.9 cm³/mol. The Hall–Kier alpha value is -0.220. The Labute approximate surface area is 65.0 Å². The molecule has 3 N–H and O–H groups in total. The van der Waals surface area contributed by atoms with E-state index in [9.17, 15) is 4.79 Å². The molecule has 0 radical (unpaired) electrons. The highest BCUT2D eigenvalue weighted by molar-refractivity contribution is 8.00. The van der Waals surface area contributed by atoms with Gasteiger partial charge in [0.15, 0.2) is 4.87 Å². The summed E-state index contributed by atoms with van der Waals surface area (Å²) in [6.07, 6.45) is 1.70. The molecule has 0 aromatic carbocycles. The fourth-order valence-corrected chi connectivity index (χ4v) is 1.22. The van der Waals surface area contributed by atoms with E-state index in [0.717, 1.165) is 0 Å². The molecule has 0 aliphatic carbocycles. The lowest BCUT2D eigenvalue weighted by Gasteiger charge is -2.25. The molecule has 0 saturated carbocycles. The second-order valence-corrected chi connectivity index (χ2v) is 3.54. The van der Waals surface area contributed by atoms with Crippen molar-refractivity contribution in [2.45, 2.75) is 18.7 Å². The Kier molecular flexibility index (Phi) is 3.18. The number of carbonyl (C=O) groups is 1. The van der Waals surface area contributed by atoms with E-state index in [1.165, 1.54) is 11.8 Å². The van der Waals surface area contributed by atoms with Crippen LogP contribution in [0.1, 0.15) is 13.8 Å². The maximum atomic E-state index is 10.5. The first-order valence-electron chi connectivity index (χ1n) is 3.02. The summed E-state index contributed by atoms with van der Waals surface area (Å²) in [5, 5.41) is 8.66. The zero-order valence-electron chi connectivity index (χ0n) is 6.42. The van der Waals surface area contributed by atoms with Crippen molar-refractivity contribution in [3.8, 4) is 0 Å². The number of nitrogens with two attached hydrogens (primary N) is 1. The molecule has 4 heteroatoms. The molecule has 0 bridgehead atoms. The first kappa shape index (κ1) is 9.78. The molecule has 0 saturated heterocycles. The highest BCUT2D eigenvalue weighted by Gasteiger charge is 2.36. The van der Waals surface area contributed by atoms with Gasteiger partial charge >= 0.3 is 5.97 Å². The zero-order chi connectivity index (χ0) is 8.36. The lowest BCUT2D eigenvalue weighted by Crippen LogP contribution is -2.49. The standard InChI is InChI=1S/C6H13NO2S/c1-4(2)6(7,10-3)5(8)9/h4H,7H2,1-3H3,(H,8,9)/t6-/m1/s1. The third-order valence-electron chi connectivity index (χ3n) is 1.53. The van der Waals surface area contributed by atoms with E-state index in [4.69, 9.17) is 10.8 Å². The van der Waals surface area contributed by atoms with E-state index < -0.39 is 10.8 Å². The summed E-state index contributed by atoms with van der Waals surface area (Å²) in [4.78, 5) is 9.42. The highest BCUT2D eigenvalue weighted by Crippen LogP contribution is 2.25.